The number of ether oxygens (including phenoxy) is 7. The highest BCUT2D eigenvalue weighted by atomic mass is 16.7. The maximum atomic E-state index is 13.2. The van der Waals surface area contributed by atoms with Crippen LogP contribution in [0.1, 0.15) is 122 Å². The Morgan fingerprint density at radius 3 is 1.89 bits per heavy atom. The first-order chi connectivity index (χ1) is 26.0. The van der Waals surface area contributed by atoms with Crippen LogP contribution < -0.4 is 0 Å². The molecule has 54 heavy (non-hydrogen) atoms. The molecule has 1 saturated heterocycles. The summed E-state index contributed by atoms with van der Waals surface area (Å²) >= 11 is 0. The molecule has 0 bridgehead atoms. The lowest BCUT2D eigenvalue weighted by Gasteiger charge is -2.44. The maximum Gasteiger partial charge on any atom is 0.338 e. The number of carbonyl (C=O) groups excluding carboxylic acids is 5. The minimum atomic E-state index is -1.52. The van der Waals surface area contributed by atoms with Crippen LogP contribution in [0, 0.1) is 0 Å². The van der Waals surface area contributed by atoms with E-state index in [4.69, 9.17) is 33.2 Å². The van der Waals surface area contributed by atoms with E-state index in [0.717, 1.165) is 47.0 Å². The molecule has 15 heteroatoms. The predicted molar refractivity (Wildman–Crippen MR) is 197 cm³/mol. The summed E-state index contributed by atoms with van der Waals surface area (Å²) in [6.45, 7) is 5.82. The Labute approximate surface area is 318 Å². The SMILES string of the molecule is CCCCCCCCCCCCC/C=C/[C@@H](OC(=O)c1ccccc1)[C@H](CO[C@@H]1O[C@H](COC(C)=O)[C@@H](OC(C)=O)[C@H](OC(C)=O)[C@H]1OC(C)=O)N=[N+]=[N-]. The molecule has 2 rings (SSSR count). The van der Waals surface area contributed by atoms with Crippen LogP contribution in [0.5, 0.6) is 0 Å². The fourth-order valence-electron chi connectivity index (χ4n) is 5.95. The molecule has 1 fully saturated rings. The molecule has 1 heterocycles. The van der Waals surface area contributed by atoms with Crippen molar-refractivity contribution < 1.29 is 57.1 Å². The predicted octanol–water partition coefficient (Wildman–Crippen LogP) is 7.25. The highest BCUT2D eigenvalue weighted by Gasteiger charge is 2.53. The maximum absolute atomic E-state index is 13.2. The fraction of sp³-hybridized carbons (Fsp3) is 0.667. The van der Waals surface area contributed by atoms with Crippen LogP contribution in [0.4, 0.5) is 0 Å². The van der Waals surface area contributed by atoms with Gasteiger partial charge in [-0.2, -0.15) is 0 Å². The topological polar surface area (TPSA) is 199 Å². The molecular weight excluding hydrogens is 702 g/mol. The molecule has 1 aliphatic rings. The molecule has 1 aromatic rings. The number of unbranched alkanes of at least 4 members (excludes halogenated alkanes) is 11. The summed E-state index contributed by atoms with van der Waals surface area (Å²) in [5.74, 6) is -3.72. The van der Waals surface area contributed by atoms with Crippen molar-refractivity contribution in [1.82, 2.24) is 0 Å². The van der Waals surface area contributed by atoms with E-state index < -0.39 is 85.9 Å². The van der Waals surface area contributed by atoms with Crippen molar-refractivity contribution in [3.63, 3.8) is 0 Å². The number of benzene rings is 1. The Hall–Kier alpha value is -4.46. The Kier molecular flexibility index (Phi) is 22.3. The van der Waals surface area contributed by atoms with Gasteiger partial charge in [0.2, 0.25) is 0 Å². The van der Waals surface area contributed by atoms with Gasteiger partial charge in [-0.1, -0.05) is 101 Å². The summed E-state index contributed by atoms with van der Waals surface area (Å²) in [6, 6.07) is 7.16. The third kappa shape index (κ3) is 18.0. The lowest BCUT2D eigenvalue weighted by atomic mass is 9.98. The molecule has 0 saturated carbocycles. The number of allylic oxidation sites excluding steroid dienone is 1. The van der Waals surface area contributed by atoms with Gasteiger partial charge < -0.3 is 33.2 Å². The second-order valence-electron chi connectivity index (χ2n) is 13.2. The Morgan fingerprint density at radius 1 is 0.778 bits per heavy atom. The second-order valence-corrected chi connectivity index (χ2v) is 13.2. The summed E-state index contributed by atoms with van der Waals surface area (Å²) in [5.41, 5.74) is 9.81. The number of nitrogens with zero attached hydrogens (tertiary/aromatic N) is 3. The molecule has 0 amide bonds. The Morgan fingerprint density at radius 2 is 1.33 bits per heavy atom. The van der Waals surface area contributed by atoms with Crippen LogP contribution in [0.15, 0.2) is 47.6 Å². The van der Waals surface area contributed by atoms with Crippen LogP contribution in [-0.4, -0.2) is 85.9 Å². The van der Waals surface area contributed by atoms with Crippen molar-refractivity contribution in [2.24, 2.45) is 5.11 Å². The van der Waals surface area contributed by atoms with E-state index in [0.29, 0.717) is 6.42 Å². The first kappa shape index (κ1) is 45.7. The second kappa shape index (κ2) is 26.3. The summed E-state index contributed by atoms with van der Waals surface area (Å²) in [5, 5.41) is 3.86. The largest absolute Gasteiger partial charge is 0.463 e. The van der Waals surface area contributed by atoms with Crippen LogP contribution in [0.2, 0.25) is 0 Å². The normalized spacial score (nSPS) is 20.6. The van der Waals surface area contributed by atoms with Crippen LogP contribution in [-0.2, 0) is 52.3 Å². The molecule has 1 aromatic carbocycles. The minimum Gasteiger partial charge on any atom is -0.463 e. The van der Waals surface area contributed by atoms with Gasteiger partial charge in [0.1, 0.15) is 24.9 Å². The molecule has 0 spiro atoms. The average molecular weight is 760 g/mol. The quantitative estimate of drug-likeness (QED) is 0.0184. The van der Waals surface area contributed by atoms with Crippen molar-refractivity contribution in [2.45, 2.75) is 155 Å². The van der Waals surface area contributed by atoms with Crippen molar-refractivity contribution in [2.75, 3.05) is 13.2 Å². The number of carbonyl (C=O) groups is 5. The van der Waals surface area contributed by atoms with Gasteiger partial charge in [0.15, 0.2) is 24.6 Å². The van der Waals surface area contributed by atoms with Crippen LogP contribution >= 0.6 is 0 Å². The lowest BCUT2D eigenvalue weighted by molar-refractivity contribution is -0.309. The van der Waals surface area contributed by atoms with Crippen molar-refractivity contribution in [1.29, 1.82) is 0 Å². The zero-order valence-corrected chi connectivity index (χ0v) is 32.2. The zero-order chi connectivity index (χ0) is 39.7. The number of esters is 5. The van der Waals surface area contributed by atoms with E-state index in [1.54, 1.807) is 36.4 Å². The molecule has 0 N–H and O–H groups in total. The van der Waals surface area contributed by atoms with Gasteiger partial charge in [-0.15, -0.1) is 0 Å². The van der Waals surface area contributed by atoms with Crippen molar-refractivity contribution in [3.05, 3.63) is 58.5 Å². The van der Waals surface area contributed by atoms with Gasteiger partial charge in [0.25, 0.3) is 0 Å². The van der Waals surface area contributed by atoms with E-state index in [9.17, 15) is 29.5 Å². The third-order valence-corrected chi connectivity index (χ3v) is 8.51. The number of hydrogen-bond acceptors (Lipinski definition) is 13. The van der Waals surface area contributed by atoms with E-state index in [1.165, 1.54) is 51.4 Å². The highest BCUT2D eigenvalue weighted by molar-refractivity contribution is 5.89. The van der Waals surface area contributed by atoms with Gasteiger partial charge in [-0.05, 0) is 36.6 Å². The fourth-order valence-corrected chi connectivity index (χ4v) is 5.95. The molecule has 300 valence electrons. The first-order valence-electron chi connectivity index (χ1n) is 18.9. The standard InChI is InChI=1S/C39H57N3O12/c1-6-7-8-9-10-11-12-13-14-15-16-17-21-24-33(53-38(47)31-22-19-18-20-23-31)32(41-42-40)25-49-39-37(52-30(5)46)36(51-29(4)45)35(50-28(3)44)34(54-39)26-48-27(2)43/h18-24,32-37,39H,6-17,25-26H2,1-5H3/b24-21+/t32-,33+,34+,35+,36-,37+,39+/m0/s1. The van der Waals surface area contributed by atoms with Crippen molar-refractivity contribution >= 4 is 29.8 Å². The number of azide groups is 1. The first-order valence-corrected chi connectivity index (χ1v) is 18.9. The van der Waals surface area contributed by atoms with Gasteiger partial charge in [0.05, 0.1) is 12.2 Å². The number of hydrogen-bond donors (Lipinski definition) is 0. The van der Waals surface area contributed by atoms with Gasteiger partial charge in [-0.3, -0.25) is 19.2 Å². The van der Waals surface area contributed by atoms with Gasteiger partial charge >= 0.3 is 29.8 Å². The minimum absolute atomic E-state index is 0.279. The van der Waals surface area contributed by atoms with Gasteiger partial charge in [-0.25, -0.2) is 4.79 Å². The Balaban J connectivity index is 2.25. The van der Waals surface area contributed by atoms with Crippen LogP contribution in [0.3, 0.4) is 0 Å². The molecule has 0 aliphatic carbocycles. The molecule has 1 aliphatic heterocycles. The van der Waals surface area contributed by atoms with E-state index in [1.807, 2.05) is 6.08 Å². The lowest BCUT2D eigenvalue weighted by Crippen LogP contribution is -2.63. The molecule has 7 atom stereocenters. The Bertz CT molecular complexity index is 1380. The van der Waals surface area contributed by atoms with E-state index in [-0.39, 0.29) is 5.56 Å². The average Bonchev–Trinajstić information content (AvgIpc) is 3.12. The molecule has 0 radical (unpaired) electrons. The van der Waals surface area contributed by atoms with E-state index >= 15 is 0 Å². The van der Waals surface area contributed by atoms with E-state index in [2.05, 4.69) is 16.9 Å². The summed E-state index contributed by atoms with van der Waals surface area (Å²) in [4.78, 5) is 64.3. The molecule has 0 aromatic heterocycles. The van der Waals surface area contributed by atoms with Crippen molar-refractivity contribution in [3.8, 4) is 0 Å². The summed E-state index contributed by atoms with van der Waals surface area (Å²) < 4.78 is 39.3. The highest BCUT2D eigenvalue weighted by Crippen LogP contribution is 2.30. The van der Waals surface area contributed by atoms with Crippen LogP contribution in [0.25, 0.3) is 10.4 Å². The summed E-state index contributed by atoms with van der Waals surface area (Å²) in [6.07, 6.45) is 9.26. The zero-order valence-electron chi connectivity index (χ0n) is 32.2. The molecular formula is C39H57N3O12. The smallest absolute Gasteiger partial charge is 0.338 e. The van der Waals surface area contributed by atoms with Gasteiger partial charge in [0, 0.05) is 32.6 Å². The molecule has 15 nitrogen and oxygen atoms in total. The molecule has 0 unspecified atom stereocenters. The third-order valence-electron chi connectivity index (χ3n) is 8.51. The monoisotopic (exact) mass is 759 g/mol. The number of rotatable bonds is 25. The summed E-state index contributed by atoms with van der Waals surface area (Å²) in [7, 11) is 0.